The van der Waals surface area contributed by atoms with Gasteiger partial charge in [-0.05, 0) is 79.8 Å². The summed E-state index contributed by atoms with van der Waals surface area (Å²) in [5.74, 6) is 1.46. The van der Waals surface area contributed by atoms with Crippen LogP contribution in [-0.4, -0.2) is 11.7 Å². The molecule has 0 radical (unpaired) electrons. The minimum Gasteiger partial charge on any atom is -0.456 e. The highest BCUT2D eigenvalue weighted by Gasteiger charge is 2.24. The van der Waals surface area contributed by atoms with Crippen molar-refractivity contribution in [2.75, 3.05) is 0 Å². The SMILES string of the molecule is c1ccc(C2=NC(c3ccc4c(c3)oc3cc(-c5ccc6c7ccccc7c7ccccc7c6c5)ccc34)N=C(c3cccc4c3oc3ccccc34)N2)cc1. The summed E-state index contributed by atoms with van der Waals surface area (Å²) in [6.07, 6.45) is -0.502. The van der Waals surface area contributed by atoms with Crippen molar-refractivity contribution in [3.63, 3.8) is 0 Å². The Kier molecular flexibility index (Phi) is 6.63. The average molecular weight is 718 g/mol. The van der Waals surface area contributed by atoms with Crippen molar-refractivity contribution in [2.24, 2.45) is 9.98 Å². The van der Waals surface area contributed by atoms with E-state index in [9.17, 15) is 0 Å². The third-order valence-corrected chi connectivity index (χ3v) is 11.3. The van der Waals surface area contributed by atoms with E-state index in [4.69, 9.17) is 18.8 Å². The Morgan fingerprint density at radius 3 is 1.68 bits per heavy atom. The molecule has 1 aliphatic heterocycles. The molecule has 1 unspecified atom stereocenters. The predicted octanol–water partition coefficient (Wildman–Crippen LogP) is 13.1. The van der Waals surface area contributed by atoms with Gasteiger partial charge < -0.3 is 14.2 Å². The number of hydrogen-bond acceptors (Lipinski definition) is 5. The molecule has 0 aliphatic carbocycles. The first kappa shape index (κ1) is 30.9. The molecule has 1 N–H and O–H groups in total. The lowest BCUT2D eigenvalue weighted by molar-refractivity contribution is 0.664. The molecule has 12 rings (SSSR count). The molecule has 5 heteroatoms. The van der Waals surface area contributed by atoms with Crippen molar-refractivity contribution in [3.8, 4) is 11.1 Å². The van der Waals surface area contributed by atoms with Crippen LogP contribution in [-0.2, 0) is 0 Å². The number of nitrogens with one attached hydrogen (secondary N) is 1. The maximum absolute atomic E-state index is 6.65. The fourth-order valence-corrected chi connectivity index (χ4v) is 8.63. The number of benzene rings is 9. The molecule has 0 fully saturated rings. The van der Waals surface area contributed by atoms with Gasteiger partial charge in [0.1, 0.15) is 34.0 Å². The van der Waals surface area contributed by atoms with Crippen molar-refractivity contribution in [1.82, 2.24) is 5.32 Å². The molecule has 3 heterocycles. The summed E-state index contributed by atoms with van der Waals surface area (Å²) >= 11 is 0. The quantitative estimate of drug-likeness (QED) is 0.184. The number of aliphatic imine (C=N–C) groups is 2. The molecule has 0 saturated carbocycles. The minimum absolute atomic E-state index is 0.502. The van der Waals surface area contributed by atoms with Gasteiger partial charge in [0, 0.05) is 32.7 Å². The third kappa shape index (κ3) is 4.74. The zero-order valence-corrected chi connectivity index (χ0v) is 30.0. The number of furan rings is 2. The van der Waals surface area contributed by atoms with Gasteiger partial charge in [-0.2, -0.15) is 0 Å². The van der Waals surface area contributed by atoms with Gasteiger partial charge in [-0.15, -0.1) is 0 Å². The molecule has 11 aromatic rings. The monoisotopic (exact) mass is 717 g/mol. The predicted molar refractivity (Wildman–Crippen MR) is 231 cm³/mol. The lowest BCUT2D eigenvalue weighted by atomic mass is 9.92. The molecule has 2 aromatic heterocycles. The van der Waals surface area contributed by atoms with Crippen LogP contribution in [0.5, 0.6) is 0 Å². The second-order valence-electron chi connectivity index (χ2n) is 14.5. The number of hydrogen-bond donors (Lipinski definition) is 1. The van der Waals surface area contributed by atoms with Crippen molar-refractivity contribution in [3.05, 3.63) is 193 Å². The summed E-state index contributed by atoms with van der Waals surface area (Å²) in [6.45, 7) is 0. The van der Waals surface area contributed by atoms with Gasteiger partial charge in [0.15, 0.2) is 6.17 Å². The zero-order valence-electron chi connectivity index (χ0n) is 30.0. The Hall–Kier alpha value is -7.50. The molecular formula is C51H31N3O2. The van der Waals surface area contributed by atoms with E-state index >= 15 is 0 Å². The van der Waals surface area contributed by atoms with Gasteiger partial charge in [-0.1, -0.05) is 140 Å². The van der Waals surface area contributed by atoms with Gasteiger partial charge in [0.25, 0.3) is 0 Å². The highest BCUT2D eigenvalue weighted by molar-refractivity contribution is 6.26. The average Bonchev–Trinajstić information content (AvgIpc) is 3.84. The standard InChI is InChI=1S/C51H31N3O2/c1-2-11-30(12-3-1)49-52-50(54-51(53-49)43-19-10-18-42-39-17-8-9-20-45(39)56-48(42)43)33-23-26-41-40-25-22-32(28-46(40)55-47(41)29-33)31-21-24-38-36-15-5-4-13-34(36)35-14-6-7-16-37(35)44(38)27-31/h1-29,50H,(H,52,53,54). The van der Waals surface area contributed by atoms with E-state index < -0.39 is 6.17 Å². The van der Waals surface area contributed by atoms with Crippen LogP contribution >= 0.6 is 0 Å². The van der Waals surface area contributed by atoms with Crippen LogP contribution in [0.4, 0.5) is 0 Å². The van der Waals surface area contributed by atoms with Crippen LogP contribution in [0.1, 0.15) is 22.9 Å². The smallest absolute Gasteiger partial charge is 0.169 e. The largest absolute Gasteiger partial charge is 0.456 e. The normalized spacial score (nSPS) is 14.6. The summed E-state index contributed by atoms with van der Waals surface area (Å²) in [5, 5.41) is 15.4. The van der Waals surface area contributed by atoms with Gasteiger partial charge in [0.05, 0.1) is 5.56 Å². The Morgan fingerprint density at radius 2 is 0.911 bits per heavy atom. The molecule has 5 nitrogen and oxygen atoms in total. The Labute approximate surface area is 320 Å². The first-order valence-corrected chi connectivity index (χ1v) is 18.9. The highest BCUT2D eigenvalue weighted by atomic mass is 16.3. The lowest BCUT2D eigenvalue weighted by Crippen LogP contribution is -2.36. The summed E-state index contributed by atoms with van der Waals surface area (Å²) in [5.41, 5.74) is 8.36. The number of para-hydroxylation sites is 2. The number of fused-ring (bicyclic) bond motifs is 12. The van der Waals surface area contributed by atoms with E-state index in [1.54, 1.807) is 0 Å². The Bertz CT molecular complexity index is 3430. The van der Waals surface area contributed by atoms with Crippen molar-refractivity contribution in [2.45, 2.75) is 6.17 Å². The van der Waals surface area contributed by atoms with E-state index in [1.165, 1.54) is 32.3 Å². The Balaban J connectivity index is 0.966. The van der Waals surface area contributed by atoms with E-state index in [2.05, 4.69) is 145 Å². The number of rotatable bonds is 4. The minimum atomic E-state index is -0.502. The number of nitrogens with zero attached hydrogens (tertiary/aromatic N) is 2. The van der Waals surface area contributed by atoms with E-state index in [1.807, 2.05) is 36.4 Å². The summed E-state index contributed by atoms with van der Waals surface area (Å²) in [6, 6.07) is 61.7. The Morgan fingerprint density at radius 1 is 0.357 bits per heavy atom. The van der Waals surface area contributed by atoms with E-state index in [0.29, 0.717) is 5.84 Å². The fraction of sp³-hybridized carbons (Fsp3) is 0.0196. The van der Waals surface area contributed by atoms with Crippen LogP contribution in [0.25, 0.3) is 87.3 Å². The van der Waals surface area contributed by atoms with Crippen LogP contribution in [0.3, 0.4) is 0 Å². The van der Waals surface area contributed by atoms with Crippen LogP contribution in [0, 0.1) is 0 Å². The van der Waals surface area contributed by atoms with Gasteiger partial charge in [-0.3, -0.25) is 0 Å². The summed E-state index contributed by atoms with van der Waals surface area (Å²) < 4.78 is 13.1. The fourth-order valence-electron chi connectivity index (χ4n) is 8.63. The molecule has 262 valence electrons. The van der Waals surface area contributed by atoms with Gasteiger partial charge in [0.2, 0.25) is 0 Å². The number of amidine groups is 2. The van der Waals surface area contributed by atoms with Crippen molar-refractivity contribution >= 4 is 87.9 Å². The second kappa shape index (κ2) is 12.0. The molecule has 0 spiro atoms. The van der Waals surface area contributed by atoms with Crippen molar-refractivity contribution in [1.29, 1.82) is 0 Å². The molecule has 0 saturated heterocycles. The third-order valence-electron chi connectivity index (χ3n) is 11.3. The van der Waals surface area contributed by atoms with E-state index in [-0.39, 0.29) is 0 Å². The van der Waals surface area contributed by atoms with Crippen molar-refractivity contribution < 1.29 is 8.83 Å². The maximum Gasteiger partial charge on any atom is 0.169 e. The summed E-state index contributed by atoms with van der Waals surface area (Å²) in [7, 11) is 0. The first-order valence-electron chi connectivity index (χ1n) is 18.9. The van der Waals surface area contributed by atoms with Gasteiger partial charge in [-0.25, -0.2) is 9.98 Å². The van der Waals surface area contributed by atoms with Crippen LogP contribution < -0.4 is 5.32 Å². The molecule has 56 heavy (non-hydrogen) atoms. The van der Waals surface area contributed by atoms with Gasteiger partial charge >= 0.3 is 0 Å². The van der Waals surface area contributed by atoms with Crippen LogP contribution in [0.15, 0.2) is 195 Å². The molecule has 1 aliphatic rings. The lowest BCUT2D eigenvalue weighted by Gasteiger charge is -2.22. The highest BCUT2D eigenvalue weighted by Crippen LogP contribution is 2.40. The summed E-state index contributed by atoms with van der Waals surface area (Å²) in [4.78, 5) is 10.4. The molecule has 1 atom stereocenters. The zero-order chi connectivity index (χ0) is 36.7. The molecule has 0 bridgehead atoms. The first-order chi connectivity index (χ1) is 27.7. The van der Waals surface area contributed by atoms with E-state index in [0.717, 1.165) is 77.5 Å². The maximum atomic E-state index is 6.65. The topological polar surface area (TPSA) is 63.0 Å². The molecule has 9 aromatic carbocycles. The van der Waals surface area contributed by atoms with Crippen LogP contribution in [0.2, 0.25) is 0 Å². The molecule has 0 amide bonds. The molecular weight excluding hydrogens is 687 g/mol. The second-order valence-corrected chi connectivity index (χ2v) is 14.5.